The molecule has 1 heterocycles. The highest BCUT2D eigenvalue weighted by Gasteiger charge is 2.11. The molecule has 2 aromatic rings. The number of aryl methyl sites for hydroxylation is 1. The van der Waals surface area contributed by atoms with Gasteiger partial charge in [-0.25, -0.2) is 13.8 Å². The molecule has 0 amide bonds. The molecule has 0 fully saturated rings. The maximum atomic E-state index is 13.5. The van der Waals surface area contributed by atoms with Crippen molar-refractivity contribution in [1.29, 1.82) is 0 Å². The SMILES string of the molecule is Cc1ccc(F)c(Nc2ncc[nH]2)c1F. The summed E-state index contributed by atoms with van der Waals surface area (Å²) in [6.45, 7) is 1.57. The highest BCUT2D eigenvalue weighted by atomic mass is 19.1. The number of halogens is 2. The van der Waals surface area contributed by atoms with Gasteiger partial charge < -0.3 is 10.3 Å². The molecule has 0 aliphatic carbocycles. The topological polar surface area (TPSA) is 40.7 Å². The molecule has 0 aliphatic rings. The minimum Gasteiger partial charge on any atom is -0.331 e. The lowest BCUT2D eigenvalue weighted by Gasteiger charge is -2.07. The van der Waals surface area contributed by atoms with Gasteiger partial charge in [0, 0.05) is 12.4 Å². The Labute approximate surface area is 85.2 Å². The van der Waals surface area contributed by atoms with Crippen LogP contribution in [0.2, 0.25) is 0 Å². The van der Waals surface area contributed by atoms with Gasteiger partial charge >= 0.3 is 0 Å². The number of H-pyrrole nitrogens is 1. The van der Waals surface area contributed by atoms with E-state index in [2.05, 4.69) is 15.3 Å². The molecular formula is C10H9F2N3. The molecule has 0 aliphatic heterocycles. The fourth-order valence-corrected chi connectivity index (χ4v) is 1.22. The van der Waals surface area contributed by atoms with Crippen molar-refractivity contribution in [1.82, 2.24) is 9.97 Å². The first-order valence-corrected chi connectivity index (χ1v) is 4.39. The van der Waals surface area contributed by atoms with Crippen LogP contribution in [0.15, 0.2) is 24.5 Å². The summed E-state index contributed by atoms with van der Waals surface area (Å²) in [4.78, 5) is 6.53. The minimum atomic E-state index is -0.644. The summed E-state index contributed by atoms with van der Waals surface area (Å²) in [5, 5.41) is 2.54. The Bertz CT molecular complexity index is 466. The number of aromatic nitrogens is 2. The Balaban J connectivity index is 2.39. The van der Waals surface area contributed by atoms with E-state index in [4.69, 9.17) is 0 Å². The molecule has 0 unspecified atom stereocenters. The van der Waals surface area contributed by atoms with Crippen LogP contribution in [0.5, 0.6) is 0 Å². The lowest BCUT2D eigenvalue weighted by atomic mass is 10.2. The number of imidazole rings is 1. The van der Waals surface area contributed by atoms with E-state index >= 15 is 0 Å². The molecule has 0 atom stereocenters. The van der Waals surface area contributed by atoms with E-state index in [0.29, 0.717) is 11.5 Å². The lowest BCUT2D eigenvalue weighted by molar-refractivity contribution is 0.584. The molecule has 0 saturated heterocycles. The van der Waals surface area contributed by atoms with Gasteiger partial charge in [0.05, 0.1) is 0 Å². The van der Waals surface area contributed by atoms with Gasteiger partial charge in [-0.1, -0.05) is 6.07 Å². The van der Waals surface area contributed by atoms with Gasteiger partial charge in [-0.2, -0.15) is 0 Å². The Kier molecular flexibility index (Phi) is 2.37. The van der Waals surface area contributed by atoms with Crippen molar-refractivity contribution >= 4 is 11.6 Å². The predicted octanol–water partition coefficient (Wildman–Crippen LogP) is 2.74. The van der Waals surface area contributed by atoms with Crippen molar-refractivity contribution in [2.45, 2.75) is 6.92 Å². The molecule has 15 heavy (non-hydrogen) atoms. The largest absolute Gasteiger partial charge is 0.331 e. The van der Waals surface area contributed by atoms with Crippen molar-refractivity contribution < 1.29 is 8.78 Å². The fourth-order valence-electron chi connectivity index (χ4n) is 1.22. The van der Waals surface area contributed by atoms with Crippen LogP contribution in [-0.4, -0.2) is 9.97 Å². The van der Waals surface area contributed by atoms with Gasteiger partial charge in [0.15, 0.2) is 5.82 Å². The molecule has 78 valence electrons. The van der Waals surface area contributed by atoms with E-state index < -0.39 is 11.6 Å². The molecule has 5 heteroatoms. The summed E-state index contributed by atoms with van der Waals surface area (Å²) in [7, 11) is 0. The van der Waals surface area contributed by atoms with Crippen LogP contribution in [0.4, 0.5) is 20.4 Å². The summed E-state index contributed by atoms with van der Waals surface area (Å²) >= 11 is 0. The highest BCUT2D eigenvalue weighted by molar-refractivity contribution is 5.56. The quantitative estimate of drug-likeness (QED) is 0.798. The number of nitrogens with zero attached hydrogens (tertiary/aromatic N) is 1. The minimum absolute atomic E-state index is 0.190. The van der Waals surface area contributed by atoms with Crippen molar-refractivity contribution in [3.05, 3.63) is 41.7 Å². The summed E-state index contributed by atoms with van der Waals surface area (Å²) < 4.78 is 26.8. The number of rotatable bonds is 2. The smallest absolute Gasteiger partial charge is 0.204 e. The van der Waals surface area contributed by atoms with Crippen LogP contribution in [0.3, 0.4) is 0 Å². The van der Waals surface area contributed by atoms with E-state index in [1.165, 1.54) is 18.3 Å². The maximum absolute atomic E-state index is 13.5. The van der Waals surface area contributed by atoms with Gasteiger partial charge in [0.25, 0.3) is 0 Å². The van der Waals surface area contributed by atoms with Gasteiger partial charge in [-0.05, 0) is 18.6 Å². The predicted molar refractivity (Wildman–Crippen MR) is 53.0 cm³/mol. The Hall–Kier alpha value is -1.91. The third-order valence-corrected chi connectivity index (χ3v) is 2.03. The first-order chi connectivity index (χ1) is 7.18. The number of hydrogen-bond acceptors (Lipinski definition) is 2. The van der Waals surface area contributed by atoms with Gasteiger partial charge in [-0.15, -0.1) is 0 Å². The zero-order valence-electron chi connectivity index (χ0n) is 8.01. The Morgan fingerprint density at radius 2 is 2.13 bits per heavy atom. The second-order valence-corrected chi connectivity index (χ2v) is 3.12. The molecule has 2 N–H and O–H groups in total. The van der Waals surface area contributed by atoms with Crippen LogP contribution >= 0.6 is 0 Å². The molecule has 0 saturated carbocycles. The van der Waals surface area contributed by atoms with Crippen LogP contribution in [0, 0.1) is 18.6 Å². The molecule has 3 nitrogen and oxygen atoms in total. The van der Waals surface area contributed by atoms with E-state index in [1.54, 1.807) is 13.1 Å². The highest BCUT2D eigenvalue weighted by Crippen LogP contribution is 2.23. The Morgan fingerprint density at radius 3 is 2.80 bits per heavy atom. The zero-order valence-corrected chi connectivity index (χ0v) is 8.01. The van der Waals surface area contributed by atoms with Crippen LogP contribution in [0.1, 0.15) is 5.56 Å². The first-order valence-electron chi connectivity index (χ1n) is 4.39. The summed E-state index contributed by atoms with van der Waals surface area (Å²) in [5.74, 6) is -0.945. The zero-order chi connectivity index (χ0) is 10.8. The third kappa shape index (κ3) is 1.81. The second kappa shape index (κ2) is 3.68. The fraction of sp³-hybridized carbons (Fsp3) is 0.100. The normalized spacial score (nSPS) is 10.3. The summed E-state index contributed by atoms with van der Waals surface area (Å²) in [6, 6.07) is 2.60. The summed E-state index contributed by atoms with van der Waals surface area (Å²) in [5.41, 5.74) is 0.190. The standard InChI is InChI=1S/C10H9F2N3/c1-6-2-3-7(11)9(8(6)12)15-10-13-4-5-14-10/h2-5H,1H3,(H2,13,14,15). The third-order valence-electron chi connectivity index (χ3n) is 2.03. The molecule has 1 aromatic heterocycles. The van der Waals surface area contributed by atoms with Crippen LogP contribution in [0.25, 0.3) is 0 Å². The van der Waals surface area contributed by atoms with Gasteiger partial charge in [-0.3, -0.25) is 0 Å². The van der Waals surface area contributed by atoms with Gasteiger partial charge in [0.2, 0.25) is 5.95 Å². The van der Waals surface area contributed by atoms with E-state index in [1.807, 2.05) is 0 Å². The van der Waals surface area contributed by atoms with E-state index in [9.17, 15) is 8.78 Å². The van der Waals surface area contributed by atoms with Crippen molar-refractivity contribution in [3.8, 4) is 0 Å². The average Bonchev–Trinajstić information content (AvgIpc) is 2.71. The molecule has 0 bridgehead atoms. The molecule has 0 radical (unpaired) electrons. The second-order valence-electron chi connectivity index (χ2n) is 3.12. The number of hydrogen-bond donors (Lipinski definition) is 2. The number of nitrogens with one attached hydrogen (secondary N) is 2. The lowest BCUT2D eigenvalue weighted by Crippen LogP contribution is -2.00. The number of aromatic amines is 1. The van der Waals surface area contributed by atoms with Crippen molar-refractivity contribution in [2.24, 2.45) is 0 Å². The molecule has 1 aromatic carbocycles. The van der Waals surface area contributed by atoms with E-state index in [0.717, 1.165) is 0 Å². The van der Waals surface area contributed by atoms with Crippen LogP contribution in [-0.2, 0) is 0 Å². The molecular weight excluding hydrogens is 200 g/mol. The maximum Gasteiger partial charge on any atom is 0.204 e. The van der Waals surface area contributed by atoms with Crippen LogP contribution < -0.4 is 5.32 Å². The van der Waals surface area contributed by atoms with Crippen molar-refractivity contribution in [3.63, 3.8) is 0 Å². The van der Waals surface area contributed by atoms with Gasteiger partial charge in [0.1, 0.15) is 11.5 Å². The van der Waals surface area contributed by atoms with Crippen molar-refractivity contribution in [2.75, 3.05) is 5.32 Å². The number of anilines is 2. The molecule has 0 spiro atoms. The monoisotopic (exact) mass is 209 g/mol. The average molecular weight is 209 g/mol. The molecule has 2 rings (SSSR count). The Morgan fingerprint density at radius 1 is 1.33 bits per heavy atom. The number of benzene rings is 1. The van der Waals surface area contributed by atoms with E-state index in [-0.39, 0.29) is 5.69 Å². The summed E-state index contributed by atoms with van der Waals surface area (Å²) in [6.07, 6.45) is 3.06. The first kappa shape index (κ1) is 9.64.